The minimum Gasteiger partial charge on any atom is -0.334 e. The average Bonchev–Trinajstić information content (AvgIpc) is 3.14. The van der Waals surface area contributed by atoms with Crippen molar-refractivity contribution < 1.29 is 18.4 Å². The summed E-state index contributed by atoms with van der Waals surface area (Å²) in [5.74, 6) is -1.77. The SMILES string of the molecule is O=C1CC(C2CC2)NC(=O)N1c1ccc(F)cc1F. The van der Waals surface area contributed by atoms with E-state index in [0.717, 1.165) is 29.9 Å². The van der Waals surface area contributed by atoms with Gasteiger partial charge in [0.1, 0.15) is 11.6 Å². The molecule has 0 bridgehead atoms. The predicted octanol–water partition coefficient (Wildman–Crippen LogP) is 2.19. The number of rotatable bonds is 2. The van der Waals surface area contributed by atoms with Crippen molar-refractivity contribution in [2.45, 2.75) is 25.3 Å². The number of urea groups is 1. The number of nitrogens with one attached hydrogen (secondary N) is 1. The maximum Gasteiger partial charge on any atom is 0.329 e. The molecule has 0 aromatic heterocycles. The summed E-state index contributed by atoms with van der Waals surface area (Å²) in [4.78, 5) is 24.7. The van der Waals surface area contributed by atoms with Crippen molar-refractivity contribution in [1.29, 1.82) is 0 Å². The van der Waals surface area contributed by atoms with Gasteiger partial charge in [-0.2, -0.15) is 0 Å². The van der Waals surface area contributed by atoms with Gasteiger partial charge in [0.15, 0.2) is 0 Å². The summed E-state index contributed by atoms with van der Waals surface area (Å²) >= 11 is 0. The summed E-state index contributed by atoms with van der Waals surface area (Å²) in [5.41, 5.74) is -0.210. The van der Waals surface area contributed by atoms with Gasteiger partial charge < -0.3 is 5.32 Å². The molecule has 2 aliphatic rings. The Balaban J connectivity index is 1.87. The lowest BCUT2D eigenvalue weighted by molar-refractivity contribution is -0.119. The van der Waals surface area contributed by atoms with E-state index in [9.17, 15) is 18.4 Å². The van der Waals surface area contributed by atoms with Crippen molar-refractivity contribution in [3.8, 4) is 0 Å². The average molecular weight is 266 g/mol. The van der Waals surface area contributed by atoms with Crippen LogP contribution in [0.1, 0.15) is 19.3 Å². The number of carbonyl (C=O) groups is 2. The fourth-order valence-electron chi connectivity index (χ4n) is 2.36. The van der Waals surface area contributed by atoms with Gasteiger partial charge in [-0.05, 0) is 30.9 Å². The first-order valence-corrected chi connectivity index (χ1v) is 6.15. The second-order valence-electron chi connectivity index (χ2n) is 4.92. The highest BCUT2D eigenvalue weighted by atomic mass is 19.1. The summed E-state index contributed by atoms with van der Waals surface area (Å²) in [6.45, 7) is 0. The molecule has 1 saturated heterocycles. The minimum absolute atomic E-state index is 0.153. The molecule has 1 aromatic carbocycles. The van der Waals surface area contributed by atoms with Crippen molar-refractivity contribution >= 4 is 17.6 Å². The van der Waals surface area contributed by atoms with Crippen LogP contribution in [0.3, 0.4) is 0 Å². The topological polar surface area (TPSA) is 49.4 Å². The molecule has 1 N–H and O–H groups in total. The van der Waals surface area contributed by atoms with Crippen LogP contribution in [0.4, 0.5) is 19.3 Å². The number of nitrogens with zero attached hydrogens (tertiary/aromatic N) is 1. The molecule has 19 heavy (non-hydrogen) atoms. The Labute approximate surface area is 108 Å². The maximum atomic E-state index is 13.6. The standard InChI is InChI=1S/C13H12F2N2O2/c14-8-3-4-11(9(15)5-8)17-12(18)6-10(7-1-2-7)16-13(17)19/h3-5,7,10H,1-2,6H2,(H,16,19). The monoisotopic (exact) mass is 266 g/mol. The summed E-state index contributed by atoms with van der Waals surface area (Å²) < 4.78 is 26.5. The Bertz CT molecular complexity index is 540. The number of amides is 3. The third-order valence-electron chi connectivity index (χ3n) is 3.50. The van der Waals surface area contributed by atoms with Crippen LogP contribution in [0.15, 0.2) is 18.2 Å². The fourth-order valence-corrected chi connectivity index (χ4v) is 2.36. The van der Waals surface area contributed by atoms with Crippen LogP contribution in [0.25, 0.3) is 0 Å². The molecule has 1 aromatic rings. The number of hydrogen-bond acceptors (Lipinski definition) is 2. The number of imide groups is 1. The first kappa shape index (κ1) is 12.1. The normalized spacial score (nSPS) is 23.5. The number of anilines is 1. The molecular weight excluding hydrogens is 254 g/mol. The van der Waals surface area contributed by atoms with Gasteiger partial charge in [0.2, 0.25) is 5.91 Å². The van der Waals surface area contributed by atoms with Gasteiger partial charge in [0, 0.05) is 18.5 Å². The molecule has 2 fully saturated rings. The molecule has 1 aliphatic carbocycles. The highest BCUT2D eigenvalue weighted by molar-refractivity contribution is 6.16. The third kappa shape index (κ3) is 2.18. The van der Waals surface area contributed by atoms with Crippen LogP contribution >= 0.6 is 0 Å². The zero-order chi connectivity index (χ0) is 13.6. The summed E-state index contributed by atoms with van der Waals surface area (Å²) in [6, 6.07) is 1.98. The molecule has 1 atom stereocenters. The third-order valence-corrected chi connectivity index (χ3v) is 3.50. The van der Waals surface area contributed by atoms with E-state index < -0.39 is 23.6 Å². The first-order valence-electron chi connectivity index (χ1n) is 6.15. The fraction of sp³-hybridized carbons (Fsp3) is 0.385. The van der Waals surface area contributed by atoms with Gasteiger partial charge in [0.05, 0.1) is 5.69 Å². The number of hydrogen-bond donors (Lipinski definition) is 1. The molecule has 3 amide bonds. The molecule has 0 spiro atoms. The smallest absolute Gasteiger partial charge is 0.329 e. The first-order chi connectivity index (χ1) is 9.06. The van der Waals surface area contributed by atoms with Gasteiger partial charge in [0.25, 0.3) is 0 Å². The quantitative estimate of drug-likeness (QED) is 0.892. The van der Waals surface area contributed by atoms with E-state index in [-0.39, 0.29) is 18.2 Å². The van der Waals surface area contributed by atoms with E-state index in [2.05, 4.69) is 5.32 Å². The van der Waals surface area contributed by atoms with Crippen molar-refractivity contribution in [2.24, 2.45) is 5.92 Å². The molecule has 6 heteroatoms. The van der Waals surface area contributed by atoms with E-state index >= 15 is 0 Å². The molecular formula is C13H12F2N2O2. The van der Waals surface area contributed by atoms with Crippen molar-refractivity contribution in [2.75, 3.05) is 4.90 Å². The lowest BCUT2D eigenvalue weighted by Crippen LogP contribution is -2.55. The van der Waals surface area contributed by atoms with Crippen molar-refractivity contribution in [3.05, 3.63) is 29.8 Å². The zero-order valence-corrected chi connectivity index (χ0v) is 10.0. The Morgan fingerprint density at radius 2 is 1.95 bits per heavy atom. The summed E-state index contributed by atoms with van der Waals surface area (Å²) in [5, 5.41) is 2.70. The van der Waals surface area contributed by atoms with Gasteiger partial charge in [-0.3, -0.25) is 4.79 Å². The highest BCUT2D eigenvalue weighted by Crippen LogP contribution is 2.36. The van der Waals surface area contributed by atoms with Crippen molar-refractivity contribution in [1.82, 2.24) is 5.32 Å². The molecule has 3 rings (SSSR count). The van der Waals surface area contributed by atoms with Gasteiger partial charge in [-0.1, -0.05) is 0 Å². The van der Waals surface area contributed by atoms with Gasteiger partial charge in [-0.25, -0.2) is 18.5 Å². The number of carbonyl (C=O) groups excluding carboxylic acids is 2. The molecule has 1 heterocycles. The summed E-state index contributed by atoms with van der Waals surface area (Å²) in [6.07, 6.45) is 2.17. The molecule has 4 nitrogen and oxygen atoms in total. The molecule has 1 saturated carbocycles. The minimum atomic E-state index is -0.923. The van der Waals surface area contributed by atoms with E-state index in [1.165, 1.54) is 0 Å². The van der Waals surface area contributed by atoms with Crippen LogP contribution in [-0.2, 0) is 4.79 Å². The van der Waals surface area contributed by atoms with Crippen LogP contribution in [0.2, 0.25) is 0 Å². The van der Waals surface area contributed by atoms with Gasteiger partial charge in [-0.15, -0.1) is 0 Å². The lowest BCUT2D eigenvalue weighted by Gasteiger charge is -2.31. The van der Waals surface area contributed by atoms with Crippen molar-refractivity contribution in [3.63, 3.8) is 0 Å². The largest absolute Gasteiger partial charge is 0.334 e. The van der Waals surface area contributed by atoms with Gasteiger partial charge >= 0.3 is 6.03 Å². The number of benzene rings is 1. The van der Waals surface area contributed by atoms with E-state index in [4.69, 9.17) is 0 Å². The van der Waals surface area contributed by atoms with Crippen LogP contribution in [-0.4, -0.2) is 18.0 Å². The van der Waals surface area contributed by atoms with E-state index in [1.807, 2.05) is 0 Å². The van der Waals surface area contributed by atoms with Crippen LogP contribution in [0, 0.1) is 17.6 Å². The van der Waals surface area contributed by atoms with E-state index in [0.29, 0.717) is 12.0 Å². The second-order valence-corrected chi connectivity index (χ2v) is 4.92. The summed E-state index contributed by atoms with van der Waals surface area (Å²) in [7, 11) is 0. The number of halogens is 2. The van der Waals surface area contributed by atoms with E-state index in [1.54, 1.807) is 0 Å². The Hall–Kier alpha value is -1.98. The van der Waals surface area contributed by atoms with Crippen LogP contribution < -0.4 is 10.2 Å². The maximum absolute atomic E-state index is 13.6. The lowest BCUT2D eigenvalue weighted by atomic mass is 10.1. The predicted molar refractivity (Wildman–Crippen MR) is 63.5 cm³/mol. The highest BCUT2D eigenvalue weighted by Gasteiger charge is 2.41. The molecule has 100 valence electrons. The molecule has 1 aliphatic heterocycles. The Morgan fingerprint density at radius 1 is 1.21 bits per heavy atom. The molecule has 0 radical (unpaired) electrons. The second kappa shape index (κ2) is 4.29. The Kier molecular flexibility index (Phi) is 2.73. The zero-order valence-electron chi connectivity index (χ0n) is 10.0. The van der Waals surface area contributed by atoms with Crippen LogP contribution in [0.5, 0.6) is 0 Å². The molecule has 1 unspecified atom stereocenters. The Morgan fingerprint density at radius 3 is 2.53 bits per heavy atom.